The maximum atomic E-state index is 12.4. The van der Waals surface area contributed by atoms with Crippen molar-refractivity contribution in [3.63, 3.8) is 0 Å². The van der Waals surface area contributed by atoms with Crippen molar-refractivity contribution < 1.29 is 13.2 Å². The van der Waals surface area contributed by atoms with E-state index in [2.05, 4.69) is 21.2 Å². The van der Waals surface area contributed by atoms with Crippen LogP contribution in [0.25, 0.3) is 0 Å². The maximum absolute atomic E-state index is 12.4. The van der Waals surface area contributed by atoms with Gasteiger partial charge in [0.1, 0.15) is 6.54 Å². The minimum atomic E-state index is -3.58. The molecule has 0 atom stereocenters. The number of nitrogens with one attached hydrogen (secondary N) is 1. The molecule has 0 spiro atoms. The standard InChI is InChI=1S/C17H19BrN2O3S/c1-12-6-4-5-7-16(12)20(24(3,22)23)11-17(21)19-15-9-8-14(18)10-13(15)2/h4-10H,11H2,1-3H3,(H,19,21). The van der Waals surface area contributed by atoms with Gasteiger partial charge in [-0.1, -0.05) is 34.1 Å². The molecule has 5 nitrogen and oxygen atoms in total. The van der Waals surface area contributed by atoms with Crippen molar-refractivity contribution in [3.8, 4) is 0 Å². The molecular formula is C17H19BrN2O3S. The third-order valence-electron chi connectivity index (χ3n) is 3.53. The van der Waals surface area contributed by atoms with E-state index in [1.807, 2.05) is 38.1 Å². The first-order valence-electron chi connectivity index (χ1n) is 7.28. The largest absolute Gasteiger partial charge is 0.324 e. The number of rotatable bonds is 5. The average Bonchev–Trinajstić information content (AvgIpc) is 2.47. The van der Waals surface area contributed by atoms with Crippen LogP contribution in [0.2, 0.25) is 0 Å². The zero-order chi connectivity index (χ0) is 17.9. The Morgan fingerprint density at radius 1 is 1.12 bits per heavy atom. The van der Waals surface area contributed by atoms with Gasteiger partial charge >= 0.3 is 0 Å². The zero-order valence-electron chi connectivity index (χ0n) is 13.7. The summed E-state index contributed by atoms with van der Waals surface area (Å²) in [5.74, 6) is -0.394. The monoisotopic (exact) mass is 410 g/mol. The number of carbonyl (C=O) groups excluding carboxylic acids is 1. The second kappa shape index (κ2) is 7.36. The van der Waals surface area contributed by atoms with E-state index in [0.29, 0.717) is 11.4 Å². The van der Waals surface area contributed by atoms with Gasteiger partial charge < -0.3 is 5.32 Å². The lowest BCUT2D eigenvalue weighted by molar-refractivity contribution is -0.114. The van der Waals surface area contributed by atoms with Gasteiger partial charge in [0.25, 0.3) is 0 Å². The number of hydrogen-bond donors (Lipinski definition) is 1. The third kappa shape index (κ3) is 4.58. The van der Waals surface area contributed by atoms with E-state index >= 15 is 0 Å². The summed E-state index contributed by atoms with van der Waals surface area (Å²) in [4.78, 5) is 12.4. The molecule has 2 aromatic rings. The van der Waals surface area contributed by atoms with Gasteiger partial charge in [0.2, 0.25) is 15.9 Å². The molecule has 0 unspecified atom stereocenters. The number of amides is 1. The maximum Gasteiger partial charge on any atom is 0.245 e. The first-order valence-corrected chi connectivity index (χ1v) is 9.92. The van der Waals surface area contributed by atoms with Gasteiger partial charge in [-0.3, -0.25) is 9.10 Å². The number of carbonyl (C=O) groups is 1. The number of anilines is 2. The summed E-state index contributed by atoms with van der Waals surface area (Å²) in [7, 11) is -3.58. The number of para-hydroxylation sites is 1. The van der Waals surface area contributed by atoms with Crippen LogP contribution < -0.4 is 9.62 Å². The van der Waals surface area contributed by atoms with Crippen molar-refractivity contribution in [2.45, 2.75) is 13.8 Å². The van der Waals surface area contributed by atoms with Crippen LogP contribution in [0.15, 0.2) is 46.9 Å². The molecule has 0 aliphatic rings. The van der Waals surface area contributed by atoms with Crippen LogP contribution in [-0.2, 0) is 14.8 Å². The van der Waals surface area contributed by atoms with E-state index in [4.69, 9.17) is 0 Å². The smallest absolute Gasteiger partial charge is 0.245 e. The van der Waals surface area contributed by atoms with Crippen molar-refractivity contribution in [1.29, 1.82) is 0 Å². The Balaban J connectivity index is 2.24. The molecule has 24 heavy (non-hydrogen) atoms. The molecule has 0 radical (unpaired) electrons. The Bertz CT molecular complexity index is 866. The first-order chi connectivity index (χ1) is 11.2. The Labute approximate surface area is 150 Å². The van der Waals surface area contributed by atoms with Crippen LogP contribution >= 0.6 is 15.9 Å². The summed E-state index contributed by atoms with van der Waals surface area (Å²) in [6, 6.07) is 12.5. The molecule has 7 heteroatoms. The molecule has 0 aliphatic carbocycles. The Morgan fingerprint density at radius 3 is 2.38 bits per heavy atom. The highest BCUT2D eigenvalue weighted by Gasteiger charge is 2.22. The SMILES string of the molecule is Cc1cc(Br)ccc1NC(=O)CN(c1ccccc1C)S(C)(=O)=O. The molecule has 2 aromatic carbocycles. The van der Waals surface area contributed by atoms with Crippen LogP contribution in [0.3, 0.4) is 0 Å². The molecule has 0 aromatic heterocycles. The van der Waals surface area contributed by atoms with Crippen molar-refractivity contribution >= 4 is 43.2 Å². The van der Waals surface area contributed by atoms with Gasteiger partial charge in [0, 0.05) is 10.2 Å². The first kappa shape index (κ1) is 18.5. The molecule has 0 heterocycles. The molecule has 2 rings (SSSR count). The Kier molecular flexibility index (Phi) is 5.66. The van der Waals surface area contributed by atoms with Gasteiger partial charge in [0.15, 0.2) is 0 Å². The van der Waals surface area contributed by atoms with E-state index in [-0.39, 0.29) is 6.54 Å². The zero-order valence-corrected chi connectivity index (χ0v) is 16.1. The van der Waals surface area contributed by atoms with Crippen molar-refractivity contribution in [2.24, 2.45) is 0 Å². The van der Waals surface area contributed by atoms with E-state index < -0.39 is 15.9 Å². The van der Waals surface area contributed by atoms with Gasteiger partial charge in [-0.15, -0.1) is 0 Å². The van der Waals surface area contributed by atoms with E-state index in [9.17, 15) is 13.2 Å². The van der Waals surface area contributed by atoms with E-state index in [0.717, 1.165) is 26.2 Å². The number of hydrogen-bond acceptors (Lipinski definition) is 3. The van der Waals surface area contributed by atoms with Crippen LogP contribution in [0.4, 0.5) is 11.4 Å². The van der Waals surface area contributed by atoms with E-state index in [1.165, 1.54) is 0 Å². The minimum Gasteiger partial charge on any atom is -0.324 e. The van der Waals surface area contributed by atoms with Gasteiger partial charge in [-0.05, 0) is 49.2 Å². The molecular weight excluding hydrogens is 392 g/mol. The lowest BCUT2D eigenvalue weighted by atomic mass is 10.2. The lowest BCUT2D eigenvalue weighted by Crippen LogP contribution is -2.37. The van der Waals surface area contributed by atoms with Crippen LogP contribution in [0.5, 0.6) is 0 Å². The fraction of sp³-hybridized carbons (Fsp3) is 0.235. The molecule has 128 valence electrons. The summed E-state index contributed by atoms with van der Waals surface area (Å²) in [5.41, 5.74) is 2.83. The minimum absolute atomic E-state index is 0.279. The summed E-state index contributed by atoms with van der Waals surface area (Å²) in [6.45, 7) is 3.40. The van der Waals surface area contributed by atoms with Crippen molar-refractivity contribution in [2.75, 3.05) is 22.4 Å². The van der Waals surface area contributed by atoms with E-state index in [1.54, 1.807) is 18.2 Å². The van der Waals surface area contributed by atoms with Gasteiger partial charge in [-0.2, -0.15) is 0 Å². The topological polar surface area (TPSA) is 66.5 Å². The second-order valence-electron chi connectivity index (χ2n) is 5.56. The average molecular weight is 411 g/mol. The Hall–Kier alpha value is -1.86. The highest BCUT2D eigenvalue weighted by atomic mass is 79.9. The predicted molar refractivity (Wildman–Crippen MR) is 101 cm³/mol. The molecule has 0 aliphatic heterocycles. The quantitative estimate of drug-likeness (QED) is 0.820. The molecule has 0 bridgehead atoms. The van der Waals surface area contributed by atoms with Gasteiger partial charge in [0.05, 0.1) is 11.9 Å². The van der Waals surface area contributed by atoms with Crippen molar-refractivity contribution in [3.05, 3.63) is 58.1 Å². The molecule has 0 fully saturated rings. The second-order valence-corrected chi connectivity index (χ2v) is 8.39. The van der Waals surface area contributed by atoms with Crippen LogP contribution in [0.1, 0.15) is 11.1 Å². The van der Waals surface area contributed by atoms with Crippen LogP contribution in [0, 0.1) is 13.8 Å². The number of benzene rings is 2. The fourth-order valence-electron chi connectivity index (χ4n) is 2.31. The third-order valence-corrected chi connectivity index (χ3v) is 5.15. The summed E-state index contributed by atoms with van der Waals surface area (Å²) < 4.78 is 26.3. The lowest BCUT2D eigenvalue weighted by Gasteiger charge is -2.23. The Morgan fingerprint density at radius 2 is 1.79 bits per heavy atom. The van der Waals surface area contributed by atoms with Gasteiger partial charge in [-0.25, -0.2) is 8.42 Å². The summed E-state index contributed by atoms with van der Waals surface area (Å²) in [6.07, 6.45) is 1.09. The molecule has 0 saturated heterocycles. The highest BCUT2D eigenvalue weighted by Crippen LogP contribution is 2.23. The number of halogens is 1. The molecule has 0 saturated carbocycles. The summed E-state index contributed by atoms with van der Waals surface area (Å²) in [5, 5.41) is 2.76. The fourth-order valence-corrected chi connectivity index (χ4v) is 3.70. The number of aryl methyl sites for hydroxylation is 2. The summed E-state index contributed by atoms with van der Waals surface area (Å²) >= 11 is 3.37. The van der Waals surface area contributed by atoms with Crippen LogP contribution in [-0.4, -0.2) is 27.1 Å². The number of nitrogens with zero attached hydrogens (tertiary/aromatic N) is 1. The number of sulfonamides is 1. The molecule has 1 amide bonds. The predicted octanol–water partition coefficient (Wildman–Crippen LogP) is 3.47. The molecule has 1 N–H and O–H groups in total. The normalized spacial score (nSPS) is 11.2. The van der Waals surface area contributed by atoms with Crippen molar-refractivity contribution in [1.82, 2.24) is 0 Å². The highest BCUT2D eigenvalue weighted by molar-refractivity contribution is 9.10.